The highest BCUT2D eigenvalue weighted by Crippen LogP contribution is 2.53. The van der Waals surface area contributed by atoms with E-state index in [4.69, 9.17) is 5.73 Å². The number of aromatic nitrogens is 4. The third-order valence-electron chi connectivity index (χ3n) is 6.23. The predicted molar refractivity (Wildman–Crippen MR) is 125 cm³/mol. The Balaban J connectivity index is 0.000000868. The number of aryl methyl sites for hydroxylation is 1. The Kier molecular flexibility index (Phi) is 6.55. The number of ether oxygens (including phenoxy) is 1. The van der Waals surface area contributed by atoms with Crippen molar-refractivity contribution in [1.29, 1.82) is 0 Å². The monoisotopic (exact) mass is 465 g/mol. The third kappa shape index (κ3) is 4.22. The van der Waals surface area contributed by atoms with Gasteiger partial charge in [0.05, 0.1) is 11.3 Å². The molecule has 1 unspecified atom stereocenters. The molecule has 1 aromatic carbocycles. The number of aliphatic hydroxyl groups is 1. The van der Waals surface area contributed by atoms with Crippen LogP contribution in [0.2, 0.25) is 0 Å². The van der Waals surface area contributed by atoms with Crippen molar-refractivity contribution in [3.05, 3.63) is 58.4 Å². The van der Waals surface area contributed by atoms with Crippen molar-refractivity contribution in [2.45, 2.75) is 44.2 Å². The molecule has 1 fully saturated rings. The molecular weight excluding hydrogens is 437 g/mol. The van der Waals surface area contributed by atoms with Crippen LogP contribution in [0.15, 0.2) is 24.4 Å². The number of carbonyl (C=O) groups is 1. The van der Waals surface area contributed by atoms with Crippen LogP contribution in [-0.4, -0.2) is 50.7 Å². The van der Waals surface area contributed by atoms with Crippen LogP contribution < -0.4 is 5.73 Å². The zero-order valence-corrected chi connectivity index (χ0v) is 19.7. The zero-order valence-electron chi connectivity index (χ0n) is 19.7. The van der Waals surface area contributed by atoms with E-state index in [9.17, 15) is 14.3 Å². The summed E-state index contributed by atoms with van der Waals surface area (Å²) in [5.41, 5.74) is 9.46. The van der Waals surface area contributed by atoms with Gasteiger partial charge in [-0.25, -0.2) is 9.37 Å². The van der Waals surface area contributed by atoms with Crippen LogP contribution in [0, 0.1) is 17.7 Å². The number of hydrogen-bond donors (Lipinski definition) is 2. The Morgan fingerprint density at radius 1 is 1.38 bits per heavy atom. The van der Waals surface area contributed by atoms with E-state index in [-0.39, 0.29) is 23.2 Å². The van der Waals surface area contributed by atoms with Crippen molar-refractivity contribution in [2.24, 2.45) is 12.8 Å². The standard InChI is InChI=1S/C23H22FN5O2.C2H6O/c1-12(30)3-4-13-9-18-17(11-19(13)24)14-7-16(8-14)29-20(10-15-5-6-26-28(15)2)21(22(25)31)27-23(18)29;1-3-2/h5-6,9,11-12,14,16,30H,7-8,10H2,1-2H3,(H2,25,31);1-2H3. The molecule has 34 heavy (non-hydrogen) atoms. The first-order valence-electron chi connectivity index (χ1n) is 11.1. The lowest BCUT2D eigenvalue weighted by molar-refractivity contribution is 0.0994. The number of aliphatic hydroxyl groups excluding tert-OH is 1. The molecular formula is C25H28FN5O3. The molecule has 1 atom stereocenters. The number of primary amides is 1. The highest BCUT2D eigenvalue weighted by Gasteiger charge is 2.41. The van der Waals surface area contributed by atoms with Gasteiger partial charge in [-0.3, -0.25) is 9.48 Å². The normalized spacial score (nSPS) is 18.2. The largest absolute Gasteiger partial charge is 0.388 e. The lowest BCUT2D eigenvalue weighted by Gasteiger charge is -2.35. The van der Waals surface area contributed by atoms with Crippen LogP contribution >= 0.6 is 0 Å². The van der Waals surface area contributed by atoms with Gasteiger partial charge in [0, 0.05) is 51.2 Å². The lowest BCUT2D eigenvalue weighted by Crippen LogP contribution is -2.26. The number of nitrogens with two attached hydrogens (primary N) is 1. The molecule has 2 bridgehead atoms. The number of carbonyl (C=O) groups excluding carboxylic acids is 1. The molecule has 0 radical (unpaired) electrons. The molecule has 9 heteroatoms. The van der Waals surface area contributed by atoms with Crippen molar-refractivity contribution in [2.75, 3.05) is 14.2 Å². The maximum Gasteiger partial charge on any atom is 0.269 e. The van der Waals surface area contributed by atoms with E-state index in [2.05, 4.69) is 31.2 Å². The molecule has 0 spiro atoms. The zero-order chi connectivity index (χ0) is 24.6. The average molecular weight is 466 g/mol. The number of benzene rings is 1. The number of rotatable bonds is 3. The summed E-state index contributed by atoms with van der Waals surface area (Å²) in [6.07, 6.45) is 3.02. The van der Waals surface area contributed by atoms with Gasteiger partial charge in [0.25, 0.3) is 5.91 Å². The van der Waals surface area contributed by atoms with Gasteiger partial charge in [-0.05, 0) is 49.4 Å². The van der Waals surface area contributed by atoms with Gasteiger partial charge in [0.1, 0.15) is 23.4 Å². The maximum absolute atomic E-state index is 14.7. The van der Waals surface area contributed by atoms with E-state index in [0.717, 1.165) is 35.4 Å². The minimum atomic E-state index is -0.861. The number of amides is 1. The van der Waals surface area contributed by atoms with Gasteiger partial charge in [-0.2, -0.15) is 5.10 Å². The van der Waals surface area contributed by atoms with E-state index >= 15 is 0 Å². The van der Waals surface area contributed by atoms with Crippen LogP contribution in [0.5, 0.6) is 0 Å². The van der Waals surface area contributed by atoms with Gasteiger partial charge in [-0.1, -0.05) is 11.8 Å². The highest BCUT2D eigenvalue weighted by molar-refractivity contribution is 5.93. The number of hydrogen-bond acceptors (Lipinski definition) is 5. The summed E-state index contributed by atoms with van der Waals surface area (Å²) in [4.78, 5) is 16.9. The van der Waals surface area contributed by atoms with Gasteiger partial charge in [-0.15, -0.1) is 0 Å². The average Bonchev–Trinajstić information content (AvgIpc) is 3.25. The minimum absolute atomic E-state index is 0.172. The predicted octanol–water partition coefficient (Wildman–Crippen LogP) is 2.54. The highest BCUT2D eigenvalue weighted by atomic mass is 19.1. The van der Waals surface area contributed by atoms with E-state index in [1.807, 2.05) is 13.1 Å². The summed E-state index contributed by atoms with van der Waals surface area (Å²) in [6.45, 7) is 1.53. The summed E-state index contributed by atoms with van der Waals surface area (Å²) in [5.74, 6) is 5.15. The van der Waals surface area contributed by atoms with E-state index in [1.165, 1.54) is 13.0 Å². The van der Waals surface area contributed by atoms with Gasteiger partial charge >= 0.3 is 0 Å². The molecule has 3 aliphatic rings. The molecule has 8 nitrogen and oxygen atoms in total. The van der Waals surface area contributed by atoms with Crippen LogP contribution in [-0.2, 0) is 18.2 Å². The second-order valence-electron chi connectivity index (χ2n) is 8.68. The smallest absolute Gasteiger partial charge is 0.269 e. The lowest BCUT2D eigenvalue weighted by atomic mass is 9.75. The molecule has 2 aromatic heterocycles. The fourth-order valence-corrected chi connectivity index (χ4v) is 4.61. The van der Waals surface area contributed by atoms with E-state index < -0.39 is 17.8 Å². The van der Waals surface area contributed by atoms with Crippen molar-refractivity contribution >= 4 is 5.91 Å². The summed E-state index contributed by atoms with van der Waals surface area (Å²) in [5, 5.41) is 13.7. The van der Waals surface area contributed by atoms with Crippen LogP contribution in [0.3, 0.4) is 0 Å². The Labute approximate surface area is 197 Å². The van der Waals surface area contributed by atoms with Gasteiger partial charge in [0.15, 0.2) is 0 Å². The molecule has 2 aliphatic heterocycles. The molecule has 1 amide bonds. The third-order valence-corrected chi connectivity index (χ3v) is 6.23. The molecule has 4 heterocycles. The molecule has 3 N–H and O–H groups in total. The Hall–Kier alpha value is -3.48. The first-order chi connectivity index (χ1) is 16.2. The van der Waals surface area contributed by atoms with Crippen LogP contribution in [0.1, 0.15) is 64.7 Å². The molecule has 1 saturated carbocycles. The summed E-state index contributed by atoms with van der Waals surface area (Å²) >= 11 is 0. The van der Waals surface area contributed by atoms with Gasteiger partial charge < -0.3 is 20.1 Å². The Morgan fingerprint density at radius 2 is 2.09 bits per heavy atom. The molecule has 1 aliphatic carbocycles. The maximum atomic E-state index is 14.7. The molecule has 0 saturated heterocycles. The quantitative estimate of drug-likeness (QED) is 0.578. The first kappa shape index (κ1) is 23.7. The second kappa shape index (κ2) is 9.41. The number of halogens is 1. The fraction of sp³-hybridized carbons (Fsp3) is 0.400. The van der Waals surface area contributed by atoms with Gasteiger partial charge in [0.2, 0.25) is 0 Å². The number of methoxy groups -OCH3 is 1. The Morgan fingerprint density at radius 3 is 2.68 bits per heavy atom. The molecule has 3 aromatic rings. The van der Waals surface area contributed by atoms with Crippen LogP contribution in [0.25, 0.3) is 11.4 Å². The minimum Gasteiger partial charge on any atom is -0.388 e. The number of nitrogens with zero attached hydrogens (tertiary/aromatic N) is 4. The first-order valence-corrected chi connectivity index (χ1v) is 11.1. The van der Waals surface area contributed by atoms with Crippen molar-refractivity contribution in [3.8, 4) is 23.2 Å². The SMILES string of the molecule is CC(O)C#Cc1cc2c(cc1F)C1CC(C1)n1c-2nc(C(N)=O)c1Cc1ccnn1C.COC. The summed E-state index contributed by atoms with van der Waals surface area (Å²) < 4.78 is 22.8. The van der Waals surface area contributed by atoms with Crippen molar-refractivity contribution in [1.82, 2.24) is 19.3 Å². The summed E-state index contributed by atoms with van der Waals surface area (Å²) in [7, 11) is 5.10. The molecule has 6 rings (SSSR count). The molecule has 178 valence electrons. The van der Waals surface area contributed by atoms with Crippen molar-refractivity contribution in [3.63, 3.8) is 0 Å². The number of imidazole rings is 1. The summed E-state index contributed by atoms with van der Waals surface area (Å²) in [6, 6.07) is 5.28. The topological polar surface area (TPSA) is 108 Å². The van der Waals surface area contributed by atoms with E-state index in [1.54, 1.807) is 31.2 Å². The Bertz CT molecular complexity index is 1290. The van der Waals surface area contributed by atoms with Crippen molar-refractivity contribution < 1.29 is 19.0 Å². The van der Waals surface area contributed by atoms with Crippen LogP contribution in [0.4, 0.5) is 4.39 Å². The van der Waals surface area contributed by atoms with E-state index in [0.29, 0.717) is 12.2 Å². The second-order valence-corrected chi connectivity index (χ2v) is 8.68. The fourth-order valence-electron chi connectivity index (χ4n) is 4.61.